The Balaban J connectivity index is 3.29. The van der Waals surface area contributed by atoms with Gasteiger partial charge in [-0.3, -0.25) is 19.7 Å². The number of nitro benzene ring substituents is 1. The van der Waals surface area contributed by atoms with Crippen LogP contribution in [0.25, 0.3) is 0 Å². The van der Waals surface area contributed by atoms with E-state index in [1.165, 1.54) is 0 Å². The third-order valence-electron chi connectivity index (χ3n) is 2.85. The molecule has 1 unspecified atom stereocenters. The number of carbonyl (C=O) groups excluding carboxylic acids is 2. The molecule has 0 aromatic heterocycles. The molecule has 0 heterocycles. The zero-order valence-corrected chi connectivity index (χ0v) is 12.0. The molecule has 0 aliphatic rings. The molecular weight excluding hydrogens is 316 g/mol. The number of hydrogen-bond donors (Lipinski definition) is 0. The average Bonchev–Trinajstić information content (AvgIpc) is 2.53. The van der Waals surface area contributed by atoms with E-state index in [1.807, 2.05) is 0 Å². The quantitative estimate of drug-likeness (QED) is 0.306. The van der Waals surface area contributed by atoms with Crippen LogP contribution in [0.5, 0.6) is 0 Å². The molecule has 0 spiro atoms. The molecule has 0 aliphatic carbocycles. The van der Waals surface area contributed by atoms with Gasteiger partial charge in [0.15, 0.2) is 12.0 Å². The van der Waals surface area contributed by atoms with E-state index in [4.69, 9.17) is 0 Å². The zero-order chi connectivity index (χ0) is 17.6. The van der Waals surface area contributed by atoms with Gasteiger partial charge in [-0.2, -0.15) is 0 Å². The van der Waals surface area contributed by atoms with E-state index >= 15 is 0 Å². The number of carbonyl (C=O) groups is 2. The van der Waals surface area contributed by atoms with Crippen molar-refractivity contribution in [2.45, 2.75) is 6.10 Å². The molecule has 124 valence electrons. The minimum absolute atomic E-state index is 0.00639. The number of non-ortho nitro benzene ring substituents is 1. The number of benzene rings is 1. The molecule has 0 saturated heterocycles. The van der Waals surface area contributed by atoms with Crippen LogP contribution in [-0.4, -0.2) is 36.2 Å². The maximum Gasteiger partial charge on any atom is 0.322 e. The number of nitrogens with zero attached hydrogens (tertiary/aromatic N) is 2. The van der Waals surface area contributed by atoms with Crippen LogP contribution in [0.15, 0.2) is 24.3 Å². The molecule has 1 aromatic rings. The molecule has 0 amide bonds. The van der Waals surface area contributed by atoms with Crippen LogP contribution in [0.2, 0.25) is 0 Å². The number of methoxy groups -OCH3 is 2. The lowest BCUT2D eigenvalue weighted by Crippen LogP contribution is -2.34. The second kappa shape index (κ2) is 7.68. The molecule has 0 fully saturated rings. The largest absolute Gasteiger partial charge is 0.468 e. The molecule has 23 heavy (non-hydrogen) atoms. The smallest absolute Gasteiger partial charge is 0.322 e. The van der Waals surface area contributed by atoms with Gasteiger partial charge in [-0.1, -0.05) is 0 Å². The van der Waals surface area contributed by atoms with Gasteiger partial charge < -0.3 is 14.3 Å². The number of ether oxygens (including phenoxy) is 2. The van der Waals surface area contributed by atoms with Crippen LogP contribution in [0, 0.1) is 26.1 Å². The second-order valence-corrected chi connectivity index (χ2v) is 4.12. The van der Waals surface area contributed by atoms with E-state index in [0.29, 0.717) is 0 Å². The topological polar surface area (TPSA) is 148 Å². The molecule has 0 aliphatic heterocycles. The zero-order valence-electron chi connectivity index (χ0n) is 12.0. The summed E-state index contributed by atoms with van der Waals surface area (Å²) >= 11 is 0. The van der Waals surface area contributed by atoms with Crippen LogP contribution < -0.4 is 0 Å². The Bertz CT molecular complexity index is 597. The summed E-state index contributed by atoms with van der Waals surface area (Å²) < 4.78 is 8.86. The van der Waals surface area contributed by atoms with Gasteiger partial charge in [0, 0.05) is 12.1 Å². The number of rotatable bonds is 7. The van der Waals surface area contributed by atoms with E-state index in [2.05, 4.69) is 14.3 Å². The van der Waals surface area contributed by atoms with Crippen molar-refractivity contribution in [3.05, 3.63) is 50.1 Å². The number of hydrogen-bond acceptors (Lipinski definition) is 9. The first-order chi connectivity index (χ1) is 10.8. The first kappa shape index (κ1) is 17.8. The van der Waals surface area contributed by atoms with Crippen LogP contribution in [-0.2, 0) is 23.9 Å². The van der Waals surface area contributed by atoms with E-state index in [1.54, 1.807) is 0 Å². The van der Waals surface area contributed by atoms with Gasteiger partial charge >= 0.3 is 11.9 Å². The molecule has 0 saturated carbocycles. The van der Waals surface area contributed by atoms with Gasteiger partial charge in [-0.25, -0.2) is 0 Å². The summed E-state index contributed by atoms with van der Waals surface area (Å²) in [6, 6.07) is 4.37. The van der Waals surface area contributed by atoms with Gasteiger partial charge in [0.05, 0.1) is 19.1 Å². The van der Waals surface area contributed by atoms with Crippen molar-refractivity contribution in [3.8, 4) is 0 Å². The summed E-state index contributed by atoms with van der Waals surface area (Å²) in [4.78, 5) is 48.5. The summed E-state index contributed by atoms with van der Waals surface area (Å²) in [5.74, 6) is -3.99. The standard InChI is InChI=1S/C12H12N2O9/c1-21-11(15)9(12(16)22-2)10(23-14(19)20)7-3-5-8(6-4-7)13(17)18/h3-6,9-10H,1-2H3. The van der Waals surface area contributed by atoms with Crippen molar-refractivity contribution in [1.29, 1.82) is 0 Å². The summed E-state index contributed by atoms with van der Waals surface area (Å²) in [7, 11) is 1.97. The SMILES string of the molecule is COC(=O)C(C(=O)OC)C(O[N+](=O)[O-])c1ccc([N+](=O)[O-])cc1. The van der Waals surface area contributed by atoms with Gasteiger partial charge in [0.25, 0.3) is 10.8 Å². The number of nitro groups is 1. The van der Waals surface area contributed by atoms with Gasteiger partial charge in [-0.05, 0) is 17.7 Å². The Morgan fingerprint density at radius 1 is 1.00 bits per heavy atom. The second-order valence-electron chi connectivity index (χ2n) is 4.12. The molecule has 11 nitrogen and oxygen atoms in total. The third kappa shape index (κ3) is 4.36. The lowest BCUT2D eigenvalue weighted by atomic mass is 9.95. The van der Waals surface area contributed by atoms with Crippen molar-refractivity contribution in [3.63, 3.8) is 0 Å². The Labute approximate surface area is 129 Å². The fourth-order valence-corrected chi connectivity index (χ4v) is 1.79. The van der Waals surface area contributed by atoms with Crippen molar-refractivity contribution < 1.29 is 33.9 Å². The maximum absolute atomic E-state index is 11.7. The van der Waals surface area contributed by atoms with Crippen molar-refractivity contribution >= 4 is 17.6 Å². The van der Waals surface area contributed by atoms with Crippen molar-refractivity contribution in [2.75, 3.05) is 14.2 Å². The van der Waals surface area contributed by atoms with E-state index in [9.17, 15) is 29.8 Å². The van der Waals surface area contributed by atoms with Gasteiger partial charge in [0.2, 0.25) is 0 Å². The lowest BCUT2D eigenvalue weighted by molar-refractivity contribution is -0.772. The molecule has 0 bridgehead atoms. The molecule has 0 N–H and O–H groups in total. The van der Waals surface area contributed by atoms with Crippen molar-refractivity contribution in [2.24, 2.45) is 5.92 Å². The first-order valence-corrected chi connectivity index (χ1v) is 6.03. The molecule has 0 radical (unpaired) electrons. The van der Waals surface area contributed by atoms with E-state index in [-0.39, 0.29) is 11.3 Å². The highest BCUT2D eigenvalue weighted by molar-refractivity contribution is 5.95. The fourth-order valence-electron chi connectivity index (χ4n) is 1.79. The molecular formula is C12H12N2O9. The molecule has 11 heteroatoms. The normalized spacial score (nSPS) is 11.4. The Morgan fingerprint density at radius 3 is 1.83 bits per heavy atom. The molecule has 1 rings (SSSR count). The van der Waals surface area contributed by atoms with Crippen LogP contribution in [0.1, 0.15) is 11.7 Å². The highest BCUT2D eigenvalue weighted by atomic mass is 17.0. The van der Waals surface area contributed by atoms with Crippen LogP contribution in [0.4, 0.5) is 5.69 Å². The minimum Gasteiger partial charge on any atom is -0.468 e. The highest BCUT2D eigenvalue weighted by Gasteiger charge is 2.40. The highest BCUT2D eigenvalue weighted by Crippen LogP contribution is 2.29. The third-order valence-corrected chi connectivity index (χ3v) is 2.85. The number of esters is 2. The Morgan fingerprint density at radius 2 is 1.48 bits per heavy atom. The predicted molar refractivity (Wildman–Crippen MR) is 71.4 cm³/mol. The Hall–Kier alpha value is -3.24. The van der Waals surface area contributed by atoms with E-state index < -0.39 is 34.0 Å². The van der Waals surface area contributed by atoms with Crippen LogP contribution in [0.3, 0.4) is 0 Å². The minimum atomic E-state index is -1.77. The van der Waals surface area contributed by atoms with Crippen molar-refractivity contribution in [1.82, 2.24) is 0 Å². The summed E-state index contributed by atoms with van der Waals surface area (Å²) in [5.41, 5.74) is -0.283. The maximum atomic E-state index is 11.7. The Kier molecular flexibility index (Phi) is 5.95. The first-order valence-electron chi connectivity index (χ1n) is 6.03. The van der Waals surface area contributed by atoms with Gasteiger partial charge in [-0.15, -0.1) is 10.1 Å². The predicted octanol–water partition coefficient (Wildman–Crippen LogP) is 0.806. The average molecular weight is 328 g/mol. The van der Waals surface area contributed by atoms with Crippen LogP contribution >= 0.6 is 0 Å². The summed E-state index contributed by atoms with van der Waals surface area (Å²) in [5, 5.41) is 20.1. The summed E-state index contributed by atoms with van der Waals surface area (Å²) in [6.45, 7) is 0. The molecule has 1 aromatic carbocycles. The van der Waals surface area contributed by atoms with E-state index in [0.717, 1.165) is 38.5 Å². The fraction of sp³-hybridized carbons (Fsp3) is 0.333. The summed E-state index contributed by atoms with van der Waals surface area (Å²) in [6.07, 6.45) is -1.68. The lowest BCUT2D eigenvalue weighted by Gasteiger charge is -2.21. The molecule has 1 atom stereocenters. The monoisotopic (exact) mass is 328 g/mol. The van der Waals surface area contributed by atoms with Gasteiger partial charge in [0.1, 0.15) is 0 Å².